The average molecular weight is 280 g/mol. The Balaban J connectivity index is 2.30. The lowest BCUT2D eigenvalue weighted by atomic mass is 10.0. The molecule has 0 atom stereocenters. The van der Waals surface area contributed by atoms with E-state index in [1.165, 1.54) is 12.1 Å². The molecule has 0 heterocycles. The van der Waals surface area contributed by atoms with E-state index in [0.717, 1.165) is 18.4 Å². The van der Waals surface area contributed by atoms with Gasteiger partial charge in [0.05, 0.1) is 6.54 Å². The standard InChI is InChI=1S/C15H21FN2O2/c1-3-12(4-2)15(20)18-10-14(19)17-9-11-5-7-13(16)8-6-11/h5-8,12H,3-4,9-10H2,1-2H3,(H,17,19)(H,18,20). The van der Waals surface area contributed by atoms with Crippen LogP contribution >= 0.6 is 0 Å². The van der Waals surface area contributed by atoms with E-state index in [1.807, 2.05) is 13.8 Å². The third-order valence-electron chi connectivity index (χ3n) is 3.18. The van der Waals surface area contributed by atoms with Crippen molar-refractivity contribution in [2.45, 2.75) is 33.2 Å². The molecule has 0 aliphatic carbocycles. The van der Waals surface area contributed by atoms with E-state index in [9.17, 15) is 14.0 Å². The number of carbonyl (C=O) groups is 2. The second-order valence-electron chi connectivity index (χ2n) is 4.63. The van der Waals surface area contributed by atoms with E-state index in [4.69, 9.17) is 0 Å². The first-order valence-corrected chi connectivity index (χ1v) is 6.85. The molecule has 0 aliphatic rings. The summed E-state index contributed by atoms with van der Waals surface area (Å²) in [5, 5.41) is 5.29. The first-order valence-electron chi connectivity index (χ1n) is 6.85. The number of benzene rings is 1. The molecule has 0 radical (unpaired) electrons. The highest BCUT2D eigenvalue weighted by atomic mass is 19.1. The zero-order chi connectivity index (χ0) is 15.0. The topological polar surface area (TPSA) is 58.2 Å². The number of nitrogens with one attached hydrogen (secondary N) is 2. The third-order valence-corrected chi connectivity index (χ3v) is 3.18. The summed E-state index contributed by atoms with van der Waals surface area (Å²) >= 11 is 0. The number of carbonyl (C=O) groups excluding carboxylic acids is 2. The predicted molar refractivity (Wildman–Crippen MR) is 75.3 cm³/mol. The van der Waals surface area contributed by atoms with Crippen molar-refractivity contribution in [1.29, 1.82) is 0 Å². The highest BCUT2D eigenvalue weighted by Crippen LogP contribution is 2.06. The van der Waals surface area contributed by atoms with Gasteiger partial charge in [-0.2, -0.15) is 0 Å². The Morgan fingerprint density at radius 2 is 1.70 bits per heavy atom. The summed E-state index contributed by atoms with van der Waals surface area (Å²) < 4.78 is 12.7. The van der Waals surface area contributed by atoms with Gasteiger partial charge in [0.1, 0.15) is 5.82 Å². The van der Waals surface area contributed by atoms with Gasteiger partial charge in [0, 0.05) is 12.5 Å². The van der Waals surface area contributed by atoms with Gasteiger partial charge in [0.25, 0.3) is 0 Å². The molecule has 2 amide bonds. The Kier molecular flexibility index (Phi) is 6.70. The van der Waals surface area contributed by atoms with Crippen LogP contribution in [0, 0.1) is 11.7 Å². The molecule has 1 rings (SSSR count). The summed E-state index contributed by atoms with van der Waals surface area (Å²) in [6.45, 7) is 4.18. The zero-order valence-electron chi connectivity index (χ0n) is 11.9. The van der Waals surface area contributed by atoms with Crippen molar-refractivity contribution in [2.24, 2.45) is 5.92 Å². The van der Waals surface area contributed by atoms with Crippen LogP contribution in [0.5, 0.6) is 0 Å². The van der Waals surface area contributed by atoms with Gasteiger partial charge >= 0.3 is 0 Å². The van der Waals surface area contributed by atoms with Crippen LogP contribution in [0.25, 0.3) is 0 Å². The maximum atomic E-state index is 12.7. The van der Waals surface area contributed by atoms with Gasteiger partial charge in [-0.05, 0) is 30.5 Å². The minimum Gasteiger partial charge on any atom is -0.350 e. The summed E-state index contributed by atoms with van der Waals surface area (Å²) in [6.07, 6.45) is 1.53. The largest absolute Gasteiger partial charge is 0.350 e. The second-order valence-corrected chi connectivity index (χ2v) is 4.63. The van der Waals surface area contributed by atoms with Gasteiger partial charge in [0.15, 0.2) is 0 Å². The van der Waals surface area contributed by atoms with Crippen LogP contribution in [0.1, 0.15) is 32.3 Å². The minimum atomic E-state index is -0.308. The smallest absolute Gasteiger partial charge is 0.239 e. The van der Waals surface area contributed by atoms with Crippen molar-refractivity contribution in [3.05, 3.63) is 35.6 Å². The summed E-state index contributed by atoms with van der Waals surface area (Å²) in [5.41, 5.74) is 0.811. The van der Waals surface area contributed by atoms with Gasteiger partial charge in [0.2, 0.25) is 11.8 Å². The van der Waals surface area contributed by atoms with Crippen molar-refractivity contribution >= 4 is 11.8 Å². The fraction of sp³-hybridized carbons (Fsp3) is 0.467. The van der Waals surface area contributed by atoms with Gasteiger partial charge in [-0.15, -0.1) is 0 Å². The number of rotatable bonds is 7. The van der Waals surface area contributed by atoms with E-state index < -0.39 is 0 Å². The Hall–Kier alpha value is -1.91. The van der Waals surface area contributed by atoms with Crippen LogP contribution < -0.4 is 10.6 Å². The van der Waals surface area contributed by atoms with E-state index in [2.05, 4.69) is 10.6 Å². The predicted octanol–water partition coefficient (Wildman–Crippen LogP) is 1.99. The molecule has 1 aromatic rings. The van der Waals surface area contributed by atoms with Crippen LogP contribution in [0.4, 0.5) is 4.39 Å². The second kappa shape index (κ2) is 8.30. The third kappa shape index (κ3) is 5.38. The molecule has 2 N–H and O–H groups in total. The van der Waals surface area contributed by atoms with Crippen LogP contribution in [-0.4, -0.2) is 18.4 Å². The maximum absolute atomic E-state index is 12.7. The van der Waals surface area contributed by atoms with Crippen LogP contribution in [0.15, 0.2) is 24.3 Å². The molecule has 1 aromatic carbocycles. The number of hydrogen-bond donors (Lipinski definition) is 2. The van der Waals surface area contributed by atoms with Gasteiger partial charge < -0.3 is 10.6 Å². The number of hydrogen-bond acceptors (Lipinski definition) is 2. The molecular weight excluding hydrogens is 259 g/mol. The van der Waals surface area contributed by atoms with Crippen molar-refractivity contribution in [3.8, 4) is 0 Å². The molecule has 5 heteroatoms. The van der Waals surface area contributed by atoms with Crippen molar-refractivity contribution in [2.75, 3.05) is 6.54 Å². The molecule has 4 nitrogen and oxygen atoms in total. The Labute approximate surface area is 118 Å². The van der Waals surface area contributed by atoms with Gasteiger partial charge in [-0.1, -0.05) is 26.0 Å². The molecule has 0 aliphatic heterocycles. The molecule has 0 fully saturated rings. The summed E-state index contributed by atoms with van der Waals surface area (Å²) in [6, 6.07) is 5.91. The zero-order valence-corrected chi connectivity index (χ0v) is 11.9. The van der Waals surface area contributed by atoms with Crippen molar-refractivity contribution < 1.29 is 14.0 Å². The summed E-state index contributed by atoms with van der Waals surface area (Å²) in [7, 11) is 0. The molecule has 0 saturated heterocycles. The van der Waals surface area contributed by atoms with Crippen LogP contribution in [0.2, 0.25) is 0 Å². The fourth-order valence-electron chi connectivity index (χ4n) is 1.84. The lowest BCUT2D eigenvalue weighted by Crippen LogP contribution is -2.39. The van der Waals surface area contributed by atoms with Gasteiger partial charge in [-0.3, -0.25) is 9.59 Å². The molecule has 0 saturated carbocycles. The molecule has 0 spiro atoms. The lowest BCUT2D eigenvalue weighted by Gasteiger charge is -2.12. The minimum absolute atomic E-state index is 0.0312. The quantitative estimate of drug-likeness (QED) is 0.802. The molecule has 110 valence electrons. The first kappa shape index (κ1) is 16.1. The molecule has 0 bridgehead atoms. The molecule has 0 unspecified atom stereocenters. The highest BCUT2D eigenvalue weighted by molar-refractivity contribution is 5.85. The molecule has 0 aromatic heterocycles. The Morgan fingerprint density at radius 3 is 2.25 bits per heavy atom. The van der Waals surface area contributed by atoms with Crippen molar-refractivity contribution in [3.63, 3.8) is 0 Å². The van der Waals surface area contributed by atoms with Crippen molar-refractivity contribution in [1.82, 2.24) is 10.6 Å². The van der Waals surface area contributed by atoms with E-state index in [1.54, 1.807) is 12.1 Å². The normalized spacial score (nSPS) is 10.4. The van der Waals surface area contributed by atoms with Gasteiger partial charge in [-0.25, -0.2) is 4.39 Å². The number of amides is 2. The SMILES string of the molecule is CCC(CC)C(=O)NCC(=O)NCc1ccc(F)cc1. The highest BCUT2D eigenvalue weighted by Gasteiger charge is 2.14. The molecular formula is C15H21FN2O2. The maximum Gasteiger partial charge on any atom is 0.239 e. The first-order chi connectivity index (χ1) is 9.56. The number of halogens is 1. The van der Waals surface area contributed by atoms with E-state index in [-0.39, 0.29) is 30.1 Å². The van der Waals surface area contributed by atoms with Crippen LogP contribution in [0.3, 0.4) is 0 Å². The molecule has 20 heavy (non-hydrogen) atoms. The Bertz CT molecular complexity index is 442. The fourth-order valence-corrected chi connectivity index (χ4v) is 1.84. The summed E-state index contributed by atoms with van der Waals surface area (Å²) in [4.78, 5) is 23.3. The van der Waals surface area contributed by atoms with Crippen LogP contribution in [-0.2, 0) is 16.1 Å². The Morgan fingerprint density at radius 1 is 1.10 bits per heavy atom. The van der Waals surface area contributed by atoms with E-state index >= 15 is 0 Å². The lowest BCUT2D eigenvalue weighted by molar-refractivity contribution is -0.128. The monoisotopic (exact) mass is 280 g/mol. The van der Waals surface area contributed by atoms with E-state index in [0.29, 0.717) is 6.54 Å². The average Bonchev–Trinajstić information content (AvgIpc) is 2.45. The summed E-state index contributed by atoms with van der Waals surface area (Å²) in [5.74, 6) is -0.696.